The first kappa shape index (κ1) is 15.3. The number of halogens is 1. The molecule has 2 aromatic rings. The summed E-state index contributed by atoms with van der Waals surface area (Å²) in [5.41, 5.74) is 3.70. The van der Waals surface area contributed by atoms with Gasteiger partial charge in [0.15, 0.2) is 0 Å². The summed E-state index contributed by atoms with van der Waals surface area (Å²) in [6.45, 7) is 8.81. The van der Waals surface area contributed by atoms with E-state index >= 15 is 0 Å². The van der Waals surface area contributed by atoms with Crippen LogP contribution in [0.25, 0.3) is 10.9 Å². The zero-order valence-electron chi connectivity index (χ0n) is 13.0. The first-order valence-electron chi connectivity index (χ1n) is 7.74. The second kappa shape index (κ2) is 5.92. The Hall–Kier alpha value is -1.55. The minimum atomic E-state index is 0.0242. The number of nitrogens with zero attached hydrogens (tertiary/aromatic N) is 1. The van der Waals surface area contributed by atoms with Gasteiger partial charge < -0.3 is 9.88 Å². The van der Waals surface area contributed by atoms with Crippen molar-refractivity contribution in [2.24, 2.45) is 5.92 Å². The Morgan fingerprint density at radius 2 is 2.32 bits per heavy atom. The third kappa shape index (κ3) is 2.60. The van der Waals surface area contributed by atoms with Gasteiger partial charge in [-0.25, -0.2) is 0 Å². The van der Waals surface area contributed by atoms with Crippen molar-refractivity contribution < 1.29 is 4.79 Å². The molecule has 3 rings (SSSR count). The number of aromatic amines is 1. The molecule has 0 aliphatic carbocycles. The number of aromatic nitrogens is 1. The lowest BCUT2D eigenvalue weighted by molar-refractivity contribution is -0.129. The number of hydrogen-bond donors (Lipinski definition) is 1. The Balaban J connectivity index is 2.12. The van der Waals surface area contributed by atoms with Crippen molar-refractivity contribution >= 4 is 32.7 Å². The van der Waals surface area contributed by atoms with E-state index < -0.39 is 0 Å². The van der Waals surface area contributed by atoms with Gasteiger partial charge in [-0.2, -0.15) is 0 Å². The summed E-state index contributed by atoms with van der Waals surface area (Å²) in [5, 5.41) is 1.27. The van der Waals surface area contributed by atoms with Crippen molar-refractivity contribution in [1.29, 1.82) is 0 Å². The number of nitrogens with one attached hydrogen (secondary N) is 1. The maximum Gasteiger partial charge on any atom is 0.246 e. The highest BCUT2D eigenvalue weighted by Gasteiger charge is 2.32. The Morgan fingerprint density at radius 3 is 3.00 bits per heavy atom. The summed E-state index contributed by atoms with van der Waals surface area (Å²) >= 11 is 3.55. The molecule has 0 radical (unpaired) electrons. The third-order valence-corrected chi connectivity index (χ3v) is 4.86. The summed E-state index contributed by atoms with van der Waals surface area (Å²) < 4.78 is 1.09. The minimum Gasteiger partial charge on any atom is -0.356 e. The summed E-state index contributed by atoms with van der Waals surface area (Å²) in [4.78, 5) is 17.7. The van der Waals surface area contributed by atoms with Gasteiger partial charge in [0.25, 0.3) is 0 Å². The molecule has 0 saturated carbocycles. The van der Waals surface area contributed by atoms with E-state index in [1.54, 1.807) is 0 Å². The quantitative estimate of drug-likeness (QED) is 0.798. The number of carbonyl (C=O) groups excluding carboxylic acids is 1. The van der Waals surface area contributed by atoms with Crippen LogP contribution >= 0.6 is 15.9 Å². The highest BCUT2D eigenvalue weighted by molar-refractivity contribution is 9.10. The second-order valence-corrected chi connectivity index (χ2v) is 7.25. The van der Waals surface area contributed by atoms with E-state index in [-0.39, 0.29) is 11.9 Å². The number of hydrogen-bond acceptors (Lipinski definition) is 1. The fraction of sp³-hybridized carbons (Fsp3) is 0.389. The van der Waals surface area contributed by atoms with Gasteiger partial charge >= 0.3 is 0 Å². The van der Waals surface area contributed by atoms with Crippen LogP contribution in [0.1, 0.15) is 37.6 Å². The number of amides is 1. The number of benzene rings is 1. The Morgan fingerprint density at radius 1 is 1.55 bits per heavy atom. The molecular formula is C18H21BrN2O. The number of fused-ring (bicyclic) bond motifs is 3. The van der Waals surface area contributed by atoms with Crippen LogP contribution in [0.15, 0.2) is 35.3 Å². The molecule has 116 valence electrons. The maximum atomic E-state index is 12.2. The van der Waals surface area contributed by atoms with Crippen LogP contribution in [0.2, 0.25) is 0 Å². The standard InChI is InChI=1S/C18H21BrN2O/c1-4-17(22)21-8-7-13-14-10-12(19)5-6-15(14)20-18(13)16(21)9-11(2)3/h4-6,10-11,16,20H,1,7-9H2,2-3H3. The molecule has 1 aromatic heterocycles. The molecule has 1 N–H and O–H groups in total. The van der Waals surface area contributed by atoms with Crippen molar-refractivity contribution in [3.05, 3.63) is 46.6 Å². The molecule has 1 aromatic carbocycles. The lowest BCUT2D eigenvalue weighted by atomic mass is 9.91. The molecule has 3 nitrogen and oxygen atoms in total. The minimum absolute atomic E-state index is 0.0242. The fourth-order valence-electron chi connectivity index (χ4n) is 3.41. The normalized spacial score (nSPS) is 17.8. The van der Waals surface area contributed by atoms with Gasteiger partial charge in [0.2, 0.25) is 5.91 Å². The van der Waals surface area contributed by atoms with Gasteiger partial charge in [-0.3, -0.25) is 4.79 Å². The molecule has 1 aliphatic heterocycles. The molecule has 0 spiro atoms. The zero-order chi connectivity index (χ0) is 15.9. The Labute approximate surface area is 139 Å². The van der Waals surface area contributed by atoms with Crippen LogP contribution in [-0.4, -0.2) is 22.3 Å². The van der Waals surface area contributed by atoms with Crippen molar-refractivity contribution in [2.75, 3.05) is 6.54 Å². The van der Waals surface area contributed by atoms with Crippen molar-refractivity contribution in [3.63, 3.8) is 0 Å². The van der Waals surface area contributed by atoms with E-state index in [0.717, 1.165) is 29.4 Å². The molecule has 4 heteroatoms. The van der Waals surface area contributed by atoms with Crippen LogP contribution < -0.4 is 0 Å². The van der Waals surface area contributed by atoms with Gasteiger partial charge in [-0.15, -0.1) is 0 Å². The fourth-order valence-corrected chi connectivity index (χ4v) is 3.77. The number of H-pyrrole nitrogens is 1. The SMILES string of the molecule is C=CC(=O)N1CCc2c([nH]c3ccc(Br)cc23)C1CC(C)C. The lowest BCUT2D eigenvalue weighted by Gasteiger charge is -2.36. The monoisotopic (exact) mass is 360 g/mol. The van der Waals surface area contributed by atoms with Crippen LogP contribution in [0.3, 0.4) is 0 Å². The molecule has 2 heterocycles. The van der Waals surface area contributed by atoms with Crippen LogP contribution in [-0.2, 0) is 11.2 Å². The molecule has 1 aliphatic rings. The highest BCUT2D eigenvalue weighted by atomic mass is 79.9. The van der Waals surface area contributed by atoms with Gasteiger partial charge in [-0.05, 0) is 48.6 Å². The van der Waals surface area contributed by atoms with Gasteiger partial charge in [0.1, 0.15) is 0 Å². The average Bonchev–Trinajstić information content (AvgIpc) is 2.85. The molecule has 0 fully saturated rings. The largest absolute Gasteiger partial charge is 0.356 e. The van der Waals surface area contributed by atoms with E-state index in [4.69, 9.17) is 0 Å². The summed E-state index contributed by atoms with van der Waals surface area (Å²) in [6.07, 6.45) is 3.28. The van der Waals surface area contributed by atoms with Gasteiger partial charge in [0.05, 0.1) is 6.04 Å². The summed E-state index contributed by atoms with van der Waals surface area (Å²) in [5.74, 6) is 0.547. The molecule has 1 atom stereocenters. The van der Waals surface area contributed by atoms with E-state index in [2.05, 4.69) is 53.5 Å². The Bertz CT molecular complexity index is 732. The molecule has 1 unspecified atom stereocenters. The smallest absolute Gasteiger partial charge is 0.246 e. The van der Waals surface area contributed by atoms with Crippen molar-refractivity contribution in [1.82, 2.24) is 9.88 Å². The molecule has 0 bridgehead atoms. The molecule has 1 amide bonds. The predicted molar refractivity (Wildman–Crippen MR) is 93.8 cm³/mol. The topological polar surface area (TPSA) is 36.1 Å². The second-order valence-electron chi connectivity index (χ2n) is 6.34. The first-order valence-corrected chi connectivity index (χ1v) is 8.53. The average molecular weight is 361 g/mol. The van der Waals surface area contributed by atoms with Crippen molar-refractivity contribution in [2.45, 2.75) is 32.7 Å². The number of rotatable bonds is 3. The van der Waals surface area contributed by atoms with E-state index in [0.29, 0.717) is 5.92 Å². The molecule has 0 saturated heterocycles. The summed E-state index contributed by atoms with van der Waals surface area (Å²) in [6, 6.07) is 6.43. The van der Waals surface area contributed by atoms with Gasteiger partial charge in [0, 0.05) is 27.6 Å². The molecule has 22 heavy (non-hydrogen) atoms. The molecular weight excluding hydrogens is 340 g/mol. The predicted octanol–water partition coefficient (Wildman–Crippen LogP) is 4.59. The van der Waals surface area contributed by atoms with Crippen LogP contribution in [0.4, 0.5) is 0 Å². The van der Waals surface area contributed by atoms with E-state index in [1.807, 2.05) is 11.0 Å². The zero-order valence-corrected chi connectivity index (χ0v) is 14.6. The van der Waals surface area contributed by atoms with E-state index in [9.17, 15) is 4.79 Å². The van der Waals surface area contributed by atoms with Gasteiger partial charge in [-0.1, -0.05) is 36.4 Å². The summed E-state index contributed by atoms with van der Waals surface area (Å²) in [7, 11) is 0. The van der Waals surface area contributed by atoms with Crippen LogP contribution in [0.5, 0.6) is 0 Å². The van der Waals surface area contributed by atoms with Crippen LogP contribution in [0, 0.1) is 5.92 Å². The highest BCUT2D eigenvalue weighted by Crippen LogP contribution is 2.38. The lowest BCUT2D eigenvalue weighted by Crippen LogP contribution is -2.39. The van der Waals surface area contributed by atoms with Crippen molar-refractivity contribution in [3.8, 4) is 0 Å². The maximum absolute atomic E-state index is 12.2. The van der Waals surface area contributed by atoms with E-state index in [1.165, 1.54) is 22.7 Å². The number of carbonyl (C=O) groups is 1. The Kier molecular flexibility index (Phi) is 4.13. The third-order valence-electron chi connectivity index (χ3n) is 4.37. The first-order chi connectivity index (χ1) is 10.5.